The van der Waals surface area contributed by atoms with Crippen molar-refractivity contribution in [3.8, 4) is 0 Å². The van der Waals surface area contributed by atoms with Gasteiger partial charge in [-0.1, -0.05) is 0 Å². The van der Waals surface area contributed by atoms with Crippen LogP contribution >= 0.6 is 20.5 Å². The van der Waals surface area contributed by atoms with Crippen LogP contribution in [0.5, 0.6) is 0 Å². The van der Waals surface area contributed by atoms with Crippen molar-refractivity contribution in [3.63, 3.8) is 0 Å². The number of hydrogen-bond acceptors (Lipinski definition) is 4. The third-order valence-electron chi connectivity index (χ3n) is 2.79. The molecular weight excluding hydrogens is 389 g/mol. The number of benzene rings is 2. The molecule has 1 aliphatic heterocycles. The molecule has 1 unspecified atom stereocenters. The van der Waals surface area contributed by atoms with Crippen molar-refractivity contribution in [1.29, 1.82) is 0 Å². The number of carbonyl (C=O) groups excluding carboxylic acids is 1. The van der Waals surface area contributed by atoms with Gasteiger partial charge in [-0.15, -0.1) is 0 Å². The zero-order valence-electron chi connectivity index (χ0n) is 10.7. The maximum atomic E-state index is 12.7. The van der Waals surface area contributed by atoms with Gasteiger partial charge in [-0.25, -0.2) is 0 Å². The number of hydrogen-bond donors (Lipinski definition) is 0. The van der Waals surface area contributed by atoms with Crippen LogP contribution < -0.4 is 0 Å². The van der Waals surface area contributed by atoms with Crippen LogP contribution in [0.3, 0.4) is 0 Å². The van der Waals surface area contributed by atoms with Crippen LogP contribution in [-0.2, 0) is 12.8 Å². The predicted molar refractivity (Wildman–Crippen MR) is 85.8 cm³/mol. The summed E-state index contributed by atoms with van der Waals surface area (Å²) in [6.45, 7) is 0. The molecule has 0 saturated carbocycles. The second-order valence-corrected chi connectivity index (χ2v) is 10.6. The normalized spacial score (nSPS) is 18.1. The Labute approximate surface area is 125 Å². The molecule has 0 fully saturated rings. The third-order valence-corrected chi connectivity index (χ3v) is 10.4. The third kappa shape index (κ3) is 2.45. The fourth-order valence-corrected chi connectivity index (χ4v) is 8.76. The molecule has 0 saturated heterocycles. The van der Waals surface area contributed by atoms with Crippen LogP contribution in [0.15, 0.2) is 62.1 Å². The Morgan fingerprint density at radius 2 is 1.70 bits per heavy atom. The number of nitrogens with zero attached hydrogens (tertiary/aromatic N) is 1. The van der Waals surface area contributed by atoms with E-state index in [0.29, 0.717) is 10.5 Å². The summed E-state index contributed by atoms with van der Waals surface area (Å²) in [5.41, 5.74) is 0.560. The predicted octanol–water partition coefficient (Wildman–Crippen LogP) is 3.52. The monoisotopic (exact) mass is 401 g/mol. The minimum absolute atomic E-state index is 0.349. The Morgan fingerprint density at radius 3 is 2.45 bits per heavy atom. The molecule has 20 heavy (non-hydrogen) atoms. The summed E-state index contributed by atoms with van der Waals surface area (Å²) < 4.78 is 23.3. The second kappa shape index (κ2) is 5.17. The van der Waals surface area contributed by atoms with Gasteiger partial charge in [0.25, 0.3) is 0 Å². The van der Waals surface area contributed by atoms with Crippen LogP contribution in [0.4, 0.5) is 0 Å². The van der Waals surface area contributed by atoms with Crippen LogP contribution in [0.25, 0.3) is 0 Å². The van der Waals surface area contributed by atoms with Crippen molar-refractivity contribution in [1.82, 2.24) is 0 Å². The molecule has 104 valence electrons. The van der Waals surface area contributed by atoms with E-state index in [0.717, 1.165) is 3.57 Å². The van der Waals surface area contributed by atoms with E-state index in [1.54, 1.807) is 30.5 Å². The van der Waals surface area contributed by atoms with Crippen LogP contribution in [-0.4, -0.2) is 16.4 Å². The van der Waals surface area contributed by atoms with E-state index in [-0.39, 0.29) is 5.97 Å². The fourth-order valence-electron chi connectivity index (χ4n) is 1.80. The van der Waals surface area contributed by atoms with Crippen molar-refractivity contribution in [2.24, 2.45) is 2.58 Å². The summed E-state index contributed by atoms with van der Waals surface area (Å²) in [7, 11) is -2.54. The van der Waals surface area contributed by atoms with Gasteiger partial charge in [0.1, 0.15) is 0 Å². The Kier molecular flexibility index (Phi) is 3.51. The van der Waals surface area contributed by atoms with Crippen molar-refractivity contribution >= 4 is 36.2 Å². The summed E-state index contributed by atoms with van der Waals surface area (Å²) in [5, 5.41) is 0. The van der Waals surface area contributed by atoms with Crippen LogP contribution in [0.2, 0.25) is 0 Å². The molecule has 0 aliphatic carbocycles. The first kappa shape index (κ1) is 13.6. The summed E-state index contributed by atoms with van der Waals surface area (Å²) >= 11 is -2.53. The van der Waals surface area contributed by atoms with E-state index >= 15 is 0 Å². The summed E-state index contributed by atoms with van der Waals surface area (Å²) in [4.78, 5) is 12.4. The molecule has 1 heterocycles. The number of halogens is 1. The molecule has 4 nitrogen and oxygen atoms in total. The van der Waals surface area contributed by atoms with E-state index in [4.69, 9.17) is 3.07 Å². The Morgan fingerprint density at radius 1 is 1.05 bits per heavy atom. The first-order valence-electron chi connectivity index (χ1n) is 5.87. The maximum absolute atomic E-state index is 12.7. The molecule has 2 aromatic rings. The van der Waals surface area contributed by atoms with Crippen molar-refractivity contribution in [2.75, 3.05) is 6.26 Å². The summed E-state index contributed by atoms with van der Waals surface area (Å²) in [5.74, 6) is -0.349. The van der Waals surface area contributed by atoms with Crippen molar-refractivity contribution in [3.05, 3.63) is 63.7 Å². The molecule has 0 bridgehead atoms. The molecule has 3 rings (SSSR count). The van der Waals surface area contributed by atoms with Gasteiger partial charge in [0.15, 0.2) is 0 Å². The zero-order valence-corrected chi connectivity index (χ0v) is 13.6. The summed E-state index contributed by atoms with van der Waals surface area (Å²) in [6, 6.07) is 16.3. The molecule has 0 N–H and O–H groups in total. The standard InChI is InChI=1S/C14H12INO3S/c1-20(18,11-7-3-2-4-8-11)16-15-13-10-6-5-9-12(13)14(17)19-15/h2-10H,1H3. The molecule has 0 amide bonds. The van der Waals surface area contributed by atoms with Gasteiger partial charge in [0.2, 0.25) is 0 Å². The average Bonchev–Trinajstić information content (AvgIpc) is 2.76. The van der Waals surface area contributed by atoms with Crippen molar-refractivity contribution in [2.45, 2.75) is 4.90 Å². The van der Waals surface area contributed by atoms with E-state index in [9.17, 15) is 9.00 Å². The molecule has 1 atom stereocenters. The molecule has 6 heteroatoms. The van der Waals surface area contributed by atoms with Gasteiger partial charge < -0.3 is 0 Å². The quantitative estimate of drug-likeness (QED) is 0.724. The first-order chi connectivity index (χ1) is 9.58. The van der Waals surface area contributed by atoms with Gasteiger partial charge in [0, 0.05) is 0 Å². The molecule has 0 spiro atoms. The molecule has 0 radical (unpaired) electrons. The molecule has 2 aromatic carbocycles. The van der Waals surface area contributed by atoms with E-state index in [1.165, 1.54) is 0 Å². The second-order valence-electron chi connectivity index (χ2n) is 4.26. The van der Waals surface area contributed by atoms with Crippen molar-refractivity contribution < 1.29 is 12.1 Å². The van der Waals surface area contributed by atoms with Crippen LogP contribution in [0.1, 0.15) is 10.4 Å². The Hall–Kier alpha value is -1.41. The molecule has 0 aromatic heterocycles. The zero-order chi connectivity index (χ0) is 14.2. The fraction of sp³-hybridized carbons (Fsp3) is 0.0714. The number of carbonyl (C=O) groups is 1. The van der Waals surface area contributed by atoms with E-state index in [2.05, 4.69) is 2.58 Å². The SMILES string of the molecule is CS(=O)(=NI1OC(=O)c2ccccc21)c1ccccc1. The molecular formula is C14H12INO3S. The van der Waals surface area contributed by atoms with E-state index in [1.807, 2.05) is 30.3 Å². The van der Waals surface area contributed by atoms with Gasteiger partial charge in [0.05, 0.1) is 0 Å². The minimum atomic E-state index is -2.54. The van der Waals surface area contributed by atoms with Gasteiger partial charge in [-0.05, 0) is 0 Å². The summed E-state index contributed by atoms with van der Waals surface area (Å²) in [6.07, 6.45) is 1.59. The number of rotatable bonds is 2. The first-order valence-corrected chi connectivity index (χ1v) is 10.7. The van der Waals surface area contributed by atoms with Crippen LogP contribution in [0, 0.1) is 3.57 Å². The van der Waals surface area contributed by atoms with Gasteiger partial charge >= 0.3 is 126 Å². The number of fused-ring (bicyclic) bond motifs is 1. The topological polar surface area (TPSA) is 55.7 Å². The Bertz CT molecular complexity index is 782. The molecule has 1 aliphatic rings. The van der Waals surface area contributed by atoms with E-state index < -0.39 is 30.2 Å². The Balaban J connectivity index is 2.06. The van der Waals surface area contributed by atoms with Gasteiger partial charge in [-0.2, -0.15) is 0 Å². The van der Waals surface area contributed by atoms with Gasteiger partial charge in [-0.3, -0.25) is 0 Å². The average molecular weight is 401 g/mol.